The normalized spacial score (nSPS) is 29.6. The highest BCUT2D eigenvalue weighted by Gasteiger charge is 2.56. The Labute approximate surface area is 111 Å². The zero-order chi connectivity index (χ0) is 13.0. The molecule has 2 amide bonds. The van der Waals surface area contributed by atoms with Crippen LogP contribution < -0.4 is 5.73 Å². The van der Waals surface area contributed by atoms with Crippen LogP contribution in [0.25, 0.3) is 0 Å². The van der Waals surface area contributed by atoms with E-state index < -0.39 is 5.54 Å². The molecule has 1 unspecified atom stereocenters. The van der Waals surface area contributed by atoms with Crippen molar-refractivity contribution < 1.29 is 9.53 Å². The molecule has 1 atom stereocenters. The molecule has 2 heterocycles. The summed E-state index contributed by atoms with van der Waals surface area (Å²) < 4.78 is 5.71. The van der Waals surface area contributed by atoms with Crippen LogP contribution in [0.4, 0.5) is 4.79 Å². The van der Waals surface area contributed by atoms with Gasteiger partial charge >= 0.3 is 6.03 Å². The first-order chi connectivity index (χ1) is 9.23. The maximum atomic E-state index is 12.2. The van der Waals surface area contributed by atoms with Gasteiger partial charge in [-0.05, 0) is 24.0 Å². The third-order valence-electron chi connectivity index (χ3n) is 4.20. The molecule has 5 heteroatoms. The smallest absolute Gasteiger partial charge is 0.346 e. The van der Waals surface area contributed by atoms with Gasteiger partial charge in [0.1, 0.15) is 5.84 Å². The van der Waals surface area contributed by atoms with Gasteiger partial charge in [-0.25, -0.2) is 4.79 Å². The van der Waals surface area contributed by atoms with Crippen LogP contribution in [0, 0.1) is 0 Å². The van der Waals surface area contributed by atoms with E-state index >= 15 is 0 Å². The second-order valence-electron chi connectivity index (χ2n) is 5.39. The van der Waals surface area contributed by atoms with E-state index in [2.05, 4.69) is 4.99 Å². The Balaban J connectivity index is 1.93. The van der Waals surface area contributed by atoms with Gasteiger partial charge in [0.15, 0.2) is 5.54 Å². The van der Waals surface area contributed by atoms with Crippen LogP contribution in [0.3, 0.4) is 0 Å². The molecule has 0 saturated heterocycles. The SMILES string of the molecule is NC1=NC(=O)N(C2CC2)C12COCc1ccccc12. The molecule has 1 fully saturated rings. The second-order valence-corrected chi connectivity index (χ2v) is 5.39. The van der Waals surface area contributed by atoms with Crippen LogP contribution in [0.2, 0.25) is 0 Å². The number of amidine groups is 1. The number of nitrogens with zero attached hydrogens (tertiary/aromatic N) is 2. The number of fused-ring (bicyclic) bond motifs is 2. The zero-order valence-electron chi connectivity index (χ0n) is 10.5. The maximum absolute atomic E-state index is 12.2. The van der Waals surface area contributed by atoms with E-state index in [1.165, 1.54) is 0 Å². The number of hydrogen-bond donors (Lipinski definition) is 1. The van der Waals surface area contributed by atoms with Crippen LogP contribution in [0.1, 0.15) is 24.0 Å². The van der Waals surface area contributed by atoms with E-state index in [-0.39, 0.29) is 12.1 Å². The minimum Gasteiger partial charge on any atom is -0.385 e. The number of nitrogens with two attached hydrogens (primary N) is 1. The fourth-order valence-corrected chi connectivity index (χ4v) is 3.18. The standard InChI is InChI=1S/C14H15N3O2/c15-12-14(17(10-5-6-10)13(18)16-12)8-19-7-9-3-1-2-4-11(9)14/h1-4,10H,5-8H2,(H2,15,16,18). The van der Waals surface area contributed by atoms with E-state index in [0.29, 0.717) is 19.0 Å². The number of amides is 2. The Morgan fingerprint density at radius 2 is 2.16 bits per heavy atom. The summed E-state index contributed by atoms with van der Waals surface area (Å²) in [6, 6.07) is 8.05. The van der Waals surface area contributed by atoms with Gasteiger partial charge in [0.2, 0.25) is 0 Å². The first kappa shape index (κ1) is 11.0. The number of carbonyl (C=O) groups excluding carboxylic acids is 1. The minimum absolute atomic E-state index is 0.222. The largest absolute Gasteiger partial charge is 0.385 e. The van der Waals surface area contributed by atoms with Crippen LogP contribution in [0.5, 0.6) is 0 Å². The van der Waals surface area contributed by atoms with E-state index in [9.17, 15) is 4.79 Å². The Morgan fingerprint density at radius 3 is 2.95 bits per heavy atom. The first-order valence-corrected chi connectivity index (χ1v) is 6.57. The number of hydrogen-bond acceptors (Lipinski definition) is 3. The number of carbonyl (C=O) groups is 1. The molecule has 1 spiro atoms. The van der Waals surface area contributed by atoms with Crippen molar-refractivity contribution in [1.29, 1.82) is 0 Å². The van der Waals surface area contributed by atoms with Crippen molar-refractivity contribution in [2.75, 3.05) is 6.61 Å². The van der Waals surface area contributed by atoms with Gasteiger partial charge in [-0.1, -0.05) is 24.3 Å². The average Bonchev–Trinajstić information content (AvgIpc) is 3.20. The van der Waals surface area contributed by atoms with Gasteiger partial charge in [0, 0.05) is 6.04 Å². The molecule has 0 bridgehead atoms. The topological polar surface area (TPSA) is 67.9 Å². The summed E-state index contributed by atoms with van der Waals surface area (Å²) in [5.74, 6) is 0.372. The summed E-state index contributed by atoms with van der Waals surface area (Å²) in [4.78, 5) is 18.0. The molecule has 1 aliphatic carbocycles. The minimum atomic E-state index is -0.674. The fraction of sp³-hybridized carbons (Fsp3) is 0.429. The quantitative estimate of drug-likeness (QED) is 0.826. The molecule has 1 aromatic rings. The highest BCUT2D eigenvalue weighted by Crippen LogP contribution is 2.45. The molecule has 5 nitrogen and oxygen atoms in total. The predicted molar refractivity (Wildman–Crippen MR) is 69.7 cm³/mol. The lowest BCUT2D eigenvalue weighted by Gasteiger charge is -2.42. The van der Waals surface area contributed by atoms with E-state index in [1.54, 1.807) is 0 Å². The molecular formula is C14H15N3O2. The molecule has 1 aromatic carbocycles. The Hall–Kier alpha value is -1.88. The van der Waals surface area contributed by atoms with E-state index in [4.69, 9.17) is 10.5 Å². The predicted octanol–water partition coefficient (Wildman–Crippen LogP) is 1.37. The van der Waals surface area contributed by atoms with Crippen molar-refractivity contribution in [3.8, 4) is 0 Å². The molecule has 19 heavy (non-hydrogen) atoms. The fourth-order valence-electron chi connectivity index (χ4n) is 3.18. The lowest BCUT2D eigenvalue weighted by atomic mass is 9.83. The summed E-state index contributed by atoms with van der Waals surface area (Å²) in [5, 5.41) is 0. The lowest BCUT2D eigenvalue weighted by Crippen LogP contribution is -2.57. The third-order valence-corrected chi connectivity index (χ3v) is 4.20. The molecule has 2 aliphatic heterocycles. The number of urea groups is 1. The first-order valence-electron chi connectivity index (χ1n) is 6.57. The lowest BCUT2D eigenvalue weighted by molar-refractivity contribution is 0.0214. The summed E-state index contributed by atoms with van der Waals surface area (Å²) in [6.45, 7) is 0.972. The third kappa shape index (κ3) is 1.33. The Morgan fingerprint density at radius 1 is 1.37 bits per heavy atom. The van der Waals surface area contributed by atoms with Crippen LogP contribution in [-0.2, 0) is 16.9 Å². The van der Waals surface area contributed by atoms with E-state index in [1.807, 2.05) is 29.2 Å². The van der Waals surface area contributed by atoms with Crippen LogP contribution in [0.15, 0.2) is 29.3 Å². The van der Waals surface area contributed by atoms with Crippen molar-refractivity contribution >= 4 is 11.9 Å². The monoisotopic (exact) mass is 257 g/mol. The van der Waals surface area contributed by atoms with E-state index in [0.717, 1.165) is 24.0 Å². The van der Waals surface area contributed by atoms with Crippen molar-refractivity contribution in [2.45, 2.75) is 31.0 Å². The number of aliphatic imine (C=N–C) groups is 1. The summed E-state index contributed by atoms with van der Waals surface area (Å²) in [5.41, 5.74) is 7.60. The molecule has 4 rings (SSSR count). The highest BCUT2D eigenvalue weighted by atomic mass is 16.5. The number of rotatable bonds is 1. The molecule has 0 aromatic heterocycles. The maximum Gasteiger partial charge on any atom is 0.346 e. The van der Waals surface area contributed by atoms with Gasteiger partial charge < -0.3 is 15.4 Å². The summed E-state index contributed by atoms with van der Waals surface area (Å²) >= 11 is 0. The average molecular weight is 257 g/mol. The van der Waals surface area contributed by atoms with Gasteiger partial charge in [0.25, 0.3) is 0 Å². The number of ether oxygens (including phenoxy) is 1. The molecule has 3 aliphatic rings. The molecular weight excluding hydrogens is 242 g/mol. The molecule has 0 radical (unpaired) electrons. The zero-order valence-corrected chi connectivity index (χ0v) is 10.5. The van der Waals surface area contributed by atoms with Gasteiger partial charge in [-0.2, -0.15) is 4.99 Å². The molecule has 2 N–H and O–H groups in total. The van der Waals surface area contributed by atoms with Gasteiger partial charge in [-0.15, -0.1) is 0 Å². The van der Waals surface area contributed by atoms with Crippen LogP contribution >= 0.6 is 0 Å². The molecule has 98 valence electrons. The number of benzene rings is 1. The van der Waals surface area contributed by atoms with Crippen molar-refractivity contribution in [1.82, 2.24) is 4.90 Å². The van der Waals surface area contributed by atoms with Gasteiger partial charge in [0.05, 0.1) is 13.2 Å². The Kier molecular flexibility index (Phi) is 2.07. The second kappa shape index (κ2) is 3.57. The summed E-state index contributed by atoms with van der Waals surface area (Å²) in [7, 11) is 0. The van der Waals surface area contributed by atoms with Gasteiger partial charge in [-0.3, -0.25) is 0 Å². The summed E-state index contributed by atoms with van der Waals surface area (Å²) in [6.07, 6.45) is 2.05. The van der Waals surface area contributed by atoms with Crippen molar-refractivity contribution in [3.63, 3.8) is 0 Å². The van der Waals surface area contributed by atoms with Crippen molar-refractivity contribution in [3.05, 3.63) is 35.4 Å². The van der Waals surface area contributed by atoms with Crippen molar-refractivity contribution in [2.24, 2.45) is 10.7 Å². The Bertz CT molecular complexity index is 594. The molecule has 1 saturated carbocycles. The van der Waals surface area contributed by atoms with Crippen LogP contribution in [-0.4, -0.2) is 29.4 Å². The highest BCUT2D eigenvalue weighted by molar-refractivity contribution is 6.07.